The van der Waals surface area contributed by atoms with Gasteiger partial charge in [-0.1, -0.05) is 26.0 Å². The van der Waals surface area contributed by atoms with Crippen molar-refractivity contribution in [2.75, 3.05) is 32.8 Å². The number of amides is 2. The van der Waals surface area contributed by atoms with E-state index in [0.29, 0.717) is 73.9 Å². The fourth-order valence-corrected chi connectivity index (χ4v) is 5.63. The molecular weight excluding hydrogens is 514 g/mol. The molecule has 0 aromatic heterocycles. The number of hydrogen-bond acceptors (Lipinski definition) is 4. The average molecular weight is 553 g/mol. The van der Waals surface area contributed by atoms with Crippen molar-refractivity contribution in [3.8, 4) is 16.9 Å². The van der Waals surface area contributed by atoms with Gasteiger partial charge in [0.15, 0.2) is 0 Å². The minimum Gasteiger partial charge on any atom is -0.504 e. The summed E-state index contributed by atoms with van der Waals surface area (Å²) in [6, 6.07) is 8.73. The Balaban J connectivity index is 1.38. The lowest BCUT2D eigenvalue weighted by Gasteiger charge is -2.36. The van der Waals surface area contributed by atoms with Crippen LogP contribution in [0, 0.1) is 18.3 Å². The van der Waals surface area contributed by atoms with Crippen molar-refractivity contribution in [1.29, 1.82) is 0 Å². The molecule has 4 rings (SSSR count). The number of carbonyl (C=O) groups is 2. The fourth-order valence-electron chi connectivity index (χ4n) is 5.63. The van der Waals surface area contributed by atoms with Gasteiger partial charge in [-0.15, -0.1) is 0 Å². The highest BCUT2D eigenvalue weighted by molar-refractivity contribution is 5.98. The highest BCUT2D eigenvalue weighted by Crippen LogP contribution is 2.35. The molecule has 40 heavy (non-hydrogen) atoms. The molecule has 0 unspecified atom stereocenters. The summed E-state index contributed by atoms with van der Waals surface area (Å²) in [5.74, 6) is -1.04. The first-order valence-electron chi connectivity index (χ1n) is 14.1. The van der Waals surface area contributed by atoms with Crippen LogP contribution < -0.4 is 10.5 Å². The van der Waals surface area contributed by atoms with E-state index in [1.54, 1.807) is 24.3 Å². The highest BCUT2D eigenvalue weighted by Gasteiger charge is 2.34. The fraction of sp³-hybridized carbons (Fsp3) is 0.516. The maximum absolute atomic E-state index is 15.0. The zero-order valence-corrected chi connectivity index (χ0v) is 23.3. The molecule has 1 atom stereocenters. The maximum Gasteiger partial charge on any atom is 0.257 e. The Morgan fingerprint density at radius 1 is 1.07 bits per heavy atom. The minimum absolute atomic E-state index is 0.116. The summed E-state index contributed by atoms with van der Waals surface area (Å²) < 4.78 is 35.8. The lowest BCUT2D eigenvalue weighted by molar-refractivity contribution is -0.121. The molecule has 2 saturated heterocycles. The quantitative estimate of drug-likeness (QED) is 0.381. The van der Waals surface area contributed by atoms with Crippen molar-refractivity contribution < 1.29 is 23.1 Å². The molecule has 9 heteroatoms. The molecule has 2 aromatic carbocycles. The van der Waals surface area contributed by atoms with Crippen LogP contribution in [-0.2, 0) is 4.79 Å². The van der Waals surface area contributed by atoms with Crippen molar-refractivity contribution >= 4 is 17.5 Å². The van der Waals surface area contributed by atoms with Crippen LogP contribution in [0.1, 0.15) is 62.7 Å². The van der Waals surface area contributed by atoms with E-state index in [-0.39, 0.29) is 5.56 Å². The van der Waals surface area contributed by atoms with E-state index < -0.39 is 29.3 Å². The Kier molecular flexibility index (Phi) is 9.41. The summed E-state index contributed by atoms with van der Waals surface area (Å²) in [7, 11) is 0. The lowest BCUT2D eigenvalue weighted by atomic mass is 9.94. The molecule has 2 N–H and O–H groups in total. The van der Waals surface area contributed by atoms with Crippen LogP contribution in [0.5, 0.6) is 5.75 Å². The van der Waals surface area contributed by atoms with Crippen molar-refractivity contribution in [3.63, 3.8) is 0 Å². The zero-order valence-electron chi connectivity index (χ0n) is 23.3. The molecular formula is C31H38F2N4O3. The van der Waals surface area contributed by atoms with Crippen molar-refractivity contribution in [1.82, 2.24) is 9.80 Å². The molecule has 2 heterocycles. The number of carbonyl (C=O) groups excluding carboxylic acids is 2. The van der Waals surface area contributed by atoms with Gasteiger partial charge in [-0.05, 0) is 92.9 Å². The highest BCUT2D eigenvalue weighted by atomic mass is 19.1. The largest absolute Gasteiger partial charge is 0.504 e. The monoisotopic (exact) mass is 552 g/mol. The van der Waals surface area contributed by atoms with Gasteiger partial charge in [-0.25, -0.2) is 13.6 Å². The predicted molar refractivity (Wildman–Crippen MR) is 150 cm³/mol. The smallest absolute Gasteiger partial charge is 0.257 e. The van der Waals surface area contributed by atoms with E-state index in [1.165, 1.54) is 17.0 Å². The molecule has 0 bridgehead atoms. The summed E-state index contributed by atoms with van der Waals surface area (Å²) >= 11 is 0. The average Bonchev–Trinajstić information content (AvgIpc) is 3.47. The van der Waals surface area contributed by atoms with Crippen LogP contribution in [0.25, 0.3) is 16.0 Å². The topological polar surface area (TPSA) is 80.2 Å². The van der Waals surface area contributed by atoms with Gasteiger partial charge < -0.3 is 20.3 Å². The van der Waals surface area contributed by atoms with Gasteiger partial charge in [0.1, 0.15) is 23.3 Å². The number of primary amides is 1. The van der Waals surface area contributed by atoms with E-state index in [2.05, 4.69) is 9.74 Å². The number of piperidine rings is 1. The van der Waals surface area contributed by atoms with Crippen molar-refractivity contribution in [3.05, 3.63) is 59.2 Å². The molecule has 2 amide bonds. The Bertz CT molecular complexity index is 1270. The number of alkyl halides is 1. The summed E-state index contributed by atoms with van der Waals surface area (Å²) in [4.78, 5) is 31.7. The van der Waals surface area contributed by atoms with Crippen LogP contribution in [-0.4, -0.2) is 66.1 Å². The number of nitrogens with two attached hydrogens (primary N) is 1. The minimum atomic E-state index is -1.13. The zero-order chi connectivity index (χ0) is 28.9. The first-order valence-corrected chi connectivity index (χ1v) is 14.1. The van der Waals surface area contributed by atoms with Crippen LogP contribution in [0.3, 0.4) is 0 Å². The standard InChI is InChI=1S/C31H38F2N4O3/c1-4-31(33,5-2)20-36-15-12-21(13-16-36)19-40-28-11-9-23(18-26(28)35-3)22-8-10-24(25(32)17-22)30(39)37-14-6-7-27(37)29(34)38/h8-11,17-18,21,27H,4-7,12-16,19-20H2,1-2H3,(H2,34,38)/t27-/m0/s1. The second-order valence-electron chi connectivity index (χ2n) is 10.9. The van der Waals surface area contributed by atoms with Crippen LogP contribution >= 0.6 is 0 Å². The second kappa shape index (κ2) is 12.8. The van der Waals surface area contributed by atoms with Crippen molar-refractivity contribution in [2.24, 2.45) is 11.7 Å². The van der Waals surface area contributed by atoms with Gasteiger partial charge in [0.25, 0.3) is 5.91 Å². The Morgan fingerprint density at radius 3 is 2.38 bits per heavy atom. The first kappa shape index (κ1) is 29.5. The lowest BCUT2D eigenvalue weighted by Crippen LogP contribution is -2.44. The van der Waals surface area contributed by atoms with Gasteiger partial charge >= 0.3 is 0 Å². The molecule has 2 aliphatic heterocycles. The van der Waals surface area contributed by atoms with Gasteiger partial charge in [-0.3, -0.25) is 9.59 Å². The summed E-state index contributed by atoms with van der Waals surface area (Å²) in [5, 5.41) is 0. The Labute approximate surface area is 235 Å². The van der Waals surface area contributed by atoms with E-state index >= 15 is 4.39 Å². The third kappa shape index (κ3) is 6.61. The van der Waals surface area contributed by atoms with Crippen molar-refractivity contribution in [2.45, 2.75) is 64.1 Å². The number of benzene rings is 2. The summed E-state index contributed by atoms with van der Waals surface area (Å²) in [6.45, 7) is 14.4. The van der Waals surface area contributed by atoms with Crippen LogP contribution in [0.15, 0.2) is 36.4 Å². The van der Waals surface area contributed by atoms with E-state index in [4.69, 9.17) is 17.0 Å². The number of hydrogen-bond donors (Lipinski definition) is 1. The molecule has 0 spiro atoms. The third-order valence-corrected chi connectivity index (χ3v) is 8.41. The molecule has 2 fully saturated rings. The molecule has 2 aromatic rings. The third-order valence-electron chi connectivity index (χ3n) is 8.41. The van der Waals surface area contributed by atoms with Crippen LogP contribution in [0.4, 0.5) is 14.5 Å². The molecule has 0 radical (unpaired) electrons. The Hall–Kier alpha value is -3.51. The molecule has 7 nitrogen and oxygen atoms in total. The molecule has 2 aliphatic rings. The Morgan fingerprint density at radius 2 is 1.75 bits per heavy atom. The number of likely N-dealkylation sites (tertiary alicyclic amines) is 2. The summed E-state index contributed by atoms with van der Waals surface area (Å²) in [5.41, 5.74) is 5.63. The van der Waals surface area contributed by atoms with E-state index in [0.717, 1.165) is 25.9 Å². The first-order chi connectivity index (χ1) is 19.2. The van der Waals surface area contributed by atoms with Gasteiger partial charge in [-0.2, -0.15) is 0 Å². The van der Waals surface area contributed by atoms with Crippen LogP contribution in [0.2, 0.25) is 0 Å². The van der Waals surface area contributed by atoms with E-state index in [1.807, 2.05) is 13.8 Å². The maximum atomic E-state index is 15.0. The molecule has 214 valence electrons. The SMILES string of the molecule is [C-]#[N+]c1cc(-c2ccc(C(=O)N3CCC[C@H]3C(N)=O)c(F)c2)ccc1OCC1CCN(CC(F)(CC)CC)CC1. The van der Waals surface area contributed by atoms with Gasteiger partial charge in [0.05, 0.1) is 18.7 Å². The molecule has 0 saturated carbocycles. The van der Waals surface area contributed by atoms with Gasteiger partial charge in [0, 0.05) is 13.1 Å². The summed E-state index contributed by atoms with van der Waals surface area (Å²) in [6.07, 6.45) is 3.99. The number of halogens is 2. The number of ether oxygens (including phenoxy) is 1. The number of nitrogens with zero attached hydrogens (tertiary/aromatic N) is 3. The van der Waals surface area contributed by atoms with E-state index in [9.17, 15) is 14.0 Å². The second-order valence-corrected chi connectivity index (χ2v) is 10.9. The number of rotatable bonds is 10. The normalized spacial score (nSPS) is 18.5. The van der Waals surface area contributed by atoms with Gasteiger partial charge in [0.2, 0.25) is 11.6 Å². The predicted octanol–water partition coefficient (Wildman–Crippen LogP) is 5.75. The molecule has 0 aliphatic carbocycles.